The summed E-state index contributed by atoms with van der Waals surface area (Å²) in [4.78, 5) is 10.9. The van der Waals surface area contributed by atoms with E-state index < -0.39 is 0 Å². The summed E-state index contributed by atoms with van der Waals surface area (Å²) < 4.78 is 13.8. The number of benzene rings is 1. The molecule has 4 aromatic rings. The summed E-state index contributed by atoms with van der Waals surface area (Å²) in [6, 6.07) is 7.62. The lowest BCUT2D eigenvalue weighted by molar-refractivity contribution is -0.0308. The number of fused-ring (bicyclic) bond motifs is 1. The monoisotopic (exact) mass is 434 g/mol. The summed E-state index contributed by atoms with van der Waals surface area (Å²) in [5, 5.41) is 12.0. The first kappa shape index (κ1) is 20.3. The minimum atomic E-state index is -0.0783. The van der Waals surface area contributed by atoms with Crippen LogP contribution < -0.4 is 15.8 Å². The van der Waals surface area contributed by atoms with Crippen LogP contribution in [-0.4, -0.2) is 43.2 Å². The van der Waals surface area contributed by atoms with Crippen LogP contribution in [0.15, 0.2) is 30.5 Å². The molecule has 0 saturated carbocycles. The number of aryl methyl sites for hydroxylation is 2. The molecule has 0 spiro atoms. The second kappa shape index (κ2) is 8.12. The average molecular weight is 435 g/mol. The Morgan fingerprint density at radius 1 is 1.22 bits per heavy atom. The molecular formula is C22H26N8O2. The van der Waals surface area contributed by atoms with E-state index in [4.69, 9.17) is 20.2 Å². The zero-order valence-electron chi connectivity index (χ0n) is 18.4. The van der Waals surface area contributed by atoms with Gasteiger partial charge in [-0.25, -0.2) is 9.97 Å². The van der Waals surface area contributed by atoms with Crippen LogP contribution in [0.1, 0.15) is 31.3 Å². The molecule has 5 rings (SSSR count). The van der Waals surface area contributed by atoms with E-state index in [2.05, 4.69) is 20.5 Å². The van der Waals surface area contributed by atoms with Crippen LogP contribution in [0.3, 0.4) is 0 Å². The Bertz CT molecular complexity index is 1270. The minimum absolute atomic E-state index is 0.0783. The number of nitrogens with one attached hydrogen (secondary N) is 1. The molecule has 1 aromatic carbocycles. The molecule has 166 valence electrons. The Kier molecular flexibility index (Phi) is 5.14. The van der Waals surface area contributed by atoms with Gasteiger partial charge in [0.1, 0.15) is 29.1 Å². The first-order chi connectivity index (χ1) is 15.5. The largest absolute Gasteiger partial charge is 0.494 e. The third kappa shape index (κ3) is 3.52. The van der Waals surface area contributed by atoms with Gasteiger partial charge in [-0.1, -0.05) is 6.07 Å². The van der Waals surface area contributed by atoms with E-state index >= 15 is 0 Å². The summed E-state index contributed by atoms with van der Waals surface area (Å²) in [6.45, 7) is 2.71. The van der Waals surface area contributed by atoms with E-state index in [9.17, 15) is 0 Å². The maximum atomic E-state index is 6.20. The molecule has 1 fully saturated rings. The summed E-state index contributed by atoms with van der Waals surface area (Å²) in [5.74, 6) is 1.90. The molecule has 3 N–H and O–H groups in total. The summed E-state index contributed by atoms with van der Waals surface area (Å²) >= 11 is 0. The molecule has 1 atom stereocenters. The zero-order chi connectivity index (χ0) is 22.2. The molecule has 1 aliphatic heterocycles. The van der Waals surface area contributed by atoms with Gasteiger partial charge in [0.15, 0.2) is 11.4 Å². The van der Waals surface area contributed by atoms with Crippen molar-refractivity contribution in [3.05, 3.63) is 36.3 Å². The Hall–Kier alpha value is -3.66. The Labute approximate surface area is 185 Å². The third-order valence-electron chi connectivity index (χ3n) is 5.65. The van der Waals surface area contributed by atoms with E-state index in [1.807, 2.05) is 29.7 Å². The number of ether oxygens (including phenoxy) is 2. The first-order valence-corrected chi connectivity index (χ1v) is 10.6. The van der Waals surface area contributed by atoms with Crippen molar-refractivity contribution in [1.29, 1.82) is 0 Å². The van der Waals surface area contributed by atoms with Crippen molar-refractivity contribution in [3.63, 3.8) is 0 Å². The number of hydrogen-bond acceptors (Lipinski definition) is 8. The molecule has 4 heterocycles. The highest BCUT2D eigenvalue weighted by Gasteiger charge is 2.23. The molecular weight excluding hydrogens is 408 g/mol. The van der Waals surface area contributed by atoms with Crippen molar-refractivity contribution in [2.45, 2.75) is 32.4 Å². The topological polar surface area (TPSA) is 118 Å². The third-order valence-corrected chi connectivity index (χ3v) is 5.65. The molecule has 0 amide bonds. The number of nitrogen functional groups attached to an aromatic ring is 1. The average Bonchev–Trinajstić information content (AvgIpc) is 3.36. The van der Waals surface area contributed by atoms with Gasteiger partial charge in [-0.15, -0.1) is 0 Å². The van der Waals surface area contributed by atoms with E-state index in [1.54, 1.807) is 26.4 Å². The van der Waals surface area contributed by atoms with Crippen molar-refractivity contribution >= 4 is 28.4 Å². The fourth-order valence-electron chi connectivity index (χ4n) is 4.23. The smallest absolute Gasteiger partial charge is 0.166 e. The molecule has 10 nitrogen and oxygen atoms in total. The van der Waals surface area contributed by atoms with Crippen molar-refractivity contribution < 1.29 is 9.47 Å². The van der Waals surface area contributed by atoms with Crippen LogP contribution in [0, 0.1) is 6.92 Å². The Morgan fingerprint density at radius 3 is 2.81 bits per heavy atom. The lowest BCUT2D eigenvalue weighted by Crippen LogP contribution is -2.19. The Balaban J connectivity index is 1.59. The van der Waals surface area contributed by atoms with E-state index in [0.29, 0.717) is 17.2 Å². The number of pyridine rings is 1. The quantitative estimate of drug-likeness (QED) is 0.489. The highest BCUT2D eigenvalue weighted by atomic mass is 16.5. The van der Waals surface area contributed by atoms with Crippen LogP contribution in [0.2, 0.25) is 0 Å². The van der Waals surface area contributed by atoms with Crippen molar-refractivity contribution in [2.75, 3.05) is 24.8 Å². The fourth-order valence-corrected chi connectivity index (χ4v) is 4.23. The minimum Gasteiger partial charge on any atom is -0.494 e. The molecule has 1 aliphatic rings. The number of aromatic nitrogens is 6. The van der Waals surface area contributed by atoms with Gasteiger partial charge < -0.3 is 20.5 Å². The van der Waals surface area contributed by atoms with Crippen LogP contribution >= 0.6 is 0 Å². The summed E-state index contributed by atoms with van der Waals surface area (Å²) in [6.07, 6.45) is 4.75. The van der Waals surface area contributed by atoms with Gasteiger partial charge in [0, 0.05) is 25.3 Å². The van der Waals surface area contributed by atoms with E-state index in [-0.39, 0.29) is 6.23 Å². The highest BCUT2D eigenvalue weighted by molar-refractivity contribution is 5.92. The van der Waals surface area contributed by atoms with Crippen LogP contribution in [0.25, 0.3) is 22.4 Å². The van der Waals surface area contributed by atoms with Crippen LogP contribution in [0.4, 0.5) is 17.2 Å². The SMILES string of the molecule is COc1c(Nc2cc(N)nc3c2nc(C)n3C2CCCCO2)cccc1-c1cnn(C)n1. The van der Waals surface area contributed by atoms with Gasteiger partial charge in [0.05, 0.1) is 24.7 Å². The summed E-state index contributed by atoms with van der Waals surface area (Å²) in [5.41, 5.74) is 10.7. The molecule has 0 aliphatic carbocycles. The van der Waals surface area contributed by atoms with E-state index in [0.717, 1.165) is 59.8 Å². The normalized spacial score (nSPS) is 16.4. The predicted octanol–water partition coefficient (Wildman–Crippen LogP) is 3.57. The highest BCUT2D eigenvalue weighted by Crippen LogP contribution is 2.39. The standard InChI is InChI=1S/C22H26N8O2/c1-13-25-20-16(11-18(23)27-22(20)30(13)19-9-4-5-10-32-19)26-15-8-6-7-14(21(15)31-3)17-12-24-29(2)28-17/h6-8,11-12,19H,4-5,9-10H2,1-3H3,(H3,23,26,27). The number of hydrogen-bond donors (Lipinski definition) is 2. The number of rotatable bonds is 5. The maximum absolute atomic E-state index is 6.20. The number of anilines is 3. The van der Waals surface area contributed by atoms with E-state index in [1.165, 1.54) is 4.80 Å². The van der Waals surface area contributed by atoms with Gasteiger partial charge in [-0.2, -0.15) is 15.0 Å². The van der Waals surface area contributed by atoms with Gasteiger partial charge in [0.2, 0.25) is 0 Å². The number of imidazole rings is 1. The molecule has 10 heteroatoms. The summed E-state index contributed by atoms with van der Waals surface area (Å²) in [7, 11) is 3.42. The number of nitrogens with zero attached hydrogens (tertiary/aromatic N) is 6. The number of nitrogens with two attached hydrogens (primary N) is 1. The number of methoxy groups -OCH3 is 1. The van der Waals surface area contributed by atoms with Crippen LogP contribution in [0.5, 0.6) is 5.75 Å². The molecule has 32 heavy (non-hydrogen) atoms. The molecule has 0 bridgehead atoms. The molecule has 0 radical (unpaired) electrons. The second-order valence-corrected chi connectivity index (χ2v) is 7.85. The molecule has 1 saturated heterocycles. The zero-order valence-corrected chi connectivity index (χ0v) is 18.4. The second-order valence-electron chi connectivity index (χ2n) is 7.85. The van der Waals surface area contributed by atoms with Gasteiger partial charge in [0.25, 0.3) is 0 Å². The fraction of sp³-hybridized carbons (Fsp3) is 0.364. The Morgan fingerprint density at radius 2 is 2.09 bits per heavy atom. The van der Waals surface area contributed by atoms with Crippen molar-refractivity contribution in [2.24, 2.45) is 7.05 Å². The molecule has 3 aromatic heterocycles. The predicted molar refractivity (Wildman–Crippen MR) is 122 cm³/mol. The van der Waals surface area contributed by atoms with Gasteiger partial charge in [-0.05, 0) is 38.3 Å². The molecule has 1 unspecified atom stereocenters. The lowest BCUT2D eigenvalue weighted by atomic mass is 10.1. The van der Waals surface area contributed by atoms with Gasteiger partial charge >= 0.3 is 0 Å². The van der Waals surface area contributed by atoms with Crippen molar-refractivity contribution in [3.8, 4) is 17.0 Å². The first-order valence-electron chi connectivity index (χ1n) is 10.6. The van der Waals surface area contributed by atoms with Crippen LogP contribution in [-0.2, 0) is 11.8 Å². The number of para-hydroxylation sites is 1. The van der Waals surface area contributed by atoms with Gasteiger partial charge in [-0.3, -0.25) is 4.57 Å². The lowest BCUT2D eigenvalue weighted by Gasteiger charge is -2.25. The van der Waals surface area contributed by atoms with Crippen molar-refractivity contribution in [1.82, 2.24) is 29.5 Å². The maximum Gasteiger partial charge on any atom is 0.166 e.